The molecule has 2 heterocycles. The third-order valence-electron chi connectivity index (χ3n) is 7.10. The lowest BCUT2D eigenvalue weighted by atomic mass is 9.92. The summed E-state index contributed by atoms with van der Waals surface area (Å²) in [5.74, 6) is 1.08. The van der Waals surface area contributed by atoms with Crippen molar-refractivity contribution in [2.45, 2.75) is 45.2 Å². The van der Waals surface area contributed by atoms with E-state index in [1.165, 1.54) is 39.9 Å². The number of hydrazine groups is 1. The van der Waals surface area contributed by atoms with Crippen LogP contribution in [0.1, 0.15) is 48.9 Å². The molecule has 3 aromatic rings. The average molecular weight is 538 g/mol. The minimum atomic E-state index is -0.560. The number of fused-ring (bicyclic) bond motifs is 1. The number of benzene rings is 2. The summed E-state index contributed by atoms with van der Waals surface area (Å²) in [6.45, 7) is 4.14. The number of halogens is 1. The second-order valence-electron chi connectivity index (χ2n) is 9.62. The Kier molecular flexibility index (Phi) is 9.14. The van der Waals surface area contributed by atoms with E-state index in [9.17, 15) is 4.39 Å². The zero-order valence-electron chi connectivity index (χ0n) is 22.1. The van der Waals surface area contributed by atoms with Crippen LogP contribution < -0.4 is 25.2 Å². The summed E-state index contributed by atoms with van der Waals surface area (Å²) in [6.07, 6.45) is 6.29. The van der Waals surface area contributed by atoms with E-state index in [2.05, 4.69) is 52.8 Å². The first-order valence-electron chi connectivity index (χ1n) is 12.8. The summed E-state index contributed by atoms with van der Waals surface area (Å²) in [5.41, 5.74) is 9.34. The Labute approximate surface area is 231 Å². The van der Waals surface area contributed by atoms with Crippen LogP contribution in [0.5, 0.6) is 11.5 Å². The Morgan fingerprint density at radius 2 is 1.89 bits per heavy atom. The van der Waals surface area contributed by atoms with Gasteiger partial charge in [0.25, 0.3) is 0 Å². The van der Waals surface area contributed by atoms with Crippen molar-refractivity contribution >= 4 is 25.0 Å². The van der Waals surface area contributed by atoms with E-state index in [4.69, 9.17) is 9.57 Å². The van der Waals surface area contributed by atoms with Gasteiger partial charge in [0, 0.05) is 26.7 Å². The van der Waals surface area contributed by atoms with Gasteiger partial charge in [0.1, 0.15) is 5.82 Å². The first-order chi connectivity index (χ1) is 18.0. The smallest absolute Gasteiger partial charge is 0.214 e. The molecular weight excluding hydrogens is 501 g/mol. The summed E-state index contributed by atoms with van der Waals surface area (Å²) in [7, 11) is 3.79. The van der Waals surface area contributed by atoms with E-state index in [0.29, 0.717) is 17.3 Å². The molecule has 1 saturated carbocycles. The van der Waals surface area contributed by atoms with E-state index in [0.717, 1.165) is 38.0 Å². The fourth-order valence-corrected chi connectivity index (χ4v) is 4.74. The van der Waals surface area contributed by atoms with Gasteiger partial charge in [-0.1, -0.05) is 29.4 Å². The van der Waals surface area contributed by atoms with Gasteiger partial charge in [-0.15, -0.1) is 0 Å². The van der Waals surface area contributed by atoms with Gasteiger partial charge in [-0.25, -0.2) is 4.98 Å². The fraction of sp³-hybridized carbons (Fsp3) is 0.345. The standard InChI is InChI=1S/C29H34FN5O2.H2S/c1-20(24-10-5-9-22-15-16-31-18-25(22)24)34(2)26-14-13-23(17-27(26)36-19-21-7-4-8-21)37-35(3)33-29-12-6-11-28(30)32-29;/h5-6,9-14,17,19-20,31H,4,7-8,15-16,18H2,1-3H3,(H,32,33);1H2. The van der Waals surface area contributed by atoms with Gasteiger partial charge in [-0.2, -0.15) is 17.9 Å². The molecule has 0 saturated heterocycles. The Morgan fingerprint density at radius 3 is 2.66 bits per heavy atom. The van der Waals surface area contributed by atoms with E-state index < -0.39 is 5.95 Å². The molecule has 0 spiro atoms. The molecule has 2 N–H and O–H groups in total. The second kappa shape index (κ2) is 12.5. The molecule has 38 heavy (non-hydrogen) atoms. The Bertz CT molecular complexity index is 1280. The van der Waals surface area contributed by atoms with Crippen LogP contribution in [0.2, 0.25) is 0 Å². The van der Waals surface area contributed by atoms with Gasteiger partial charge in [-0.3, -0.25) is 5.43 Å². The molecule has 2 aromatic carbocycles. The molecule has 1 fully saturated rings. The maximum atomic E-state index is 13.4. The molecule has 1 aromatic heterocycles. The van der Waals surface area contributed by atoms with Crippen LogP contribution in [0.3, 0.4) is 0 Å². The van der Waals surface area contributed by atoms with Crippen LogP contribution in [-0.4, -0.2) is 30.8 Å². The number of hydrogen-bond acceptors (Lipinski definition) is 7. The van der Waals surface area contributed by atoms with Crippen LogP contribution in [-0.2, 0) is 13.0 Å². The predicted octanol–water partition coefficient (Wildman–Crippen LogP) is 5.88. The van der Waals surface area contributed by atoms with Gasteiger partial charge >= 0.3 is 0 Å². The third-order valence-corrected chi connectivity index (χ3v) is 7.10. The van der Waals surface area contributed by atoms with Gasteiger partial charge in [0.05, 0.1) is 18.0 Å². The summed E-state index contributed by atoms with van der Waals surface area (Å²) in [6, 6.07) is 17.1. The van der Waals surface area contributed by atoms with E-state index in [1.807, 2.05) is 24.5 Å². The lowest BCUT2D eigenvalue weighted by Crippen LogP contribution is -2.30. The first kappa shape index (κ1) is 27.8. The van der Waals surface area contributed by atoms with Gasteiger partial charge in [0.15, 0.2) is 11.5 Å². The monoisotopic (exact) mass is 537 g/mol. The SMILES string of the molecule is CC(c1cccc2c1CNCC2)N(C)c1ccc(ON(C)Nc2cccc(F)n2)cc1OC=C1CCC1.S. The minimum absolute atomic E-state index is 0. The molecule has 0 radical (unpaired) electrons. The average Bonchev–Trinajstić information content (AvgIpc) is 2.87. The molecule has 0 amide bonds. The Hall–Kier alpha value is -3.27. The highest BCUT2D eigenvalue weighted by molar-refractivity contribution is 7.59. The normalized spacial score (nSPS) is 15.0. The summed E-state index contributed by atoms with van der Waals surface area (Å²) in [4.78, 5) is 12.0. The molecule has 1 aliphatic heterocycles. The number of rotatable bonds is 9. The highest BCUT2D eigenvalue weighted by atomic mass is 32.1. The maximum Gasteiger partial charge on any atom is 0.214 e. The third kappa shape index (κ3) is 6.40. The zero-order valence-corrected chi connectivity index (χ0v) is 23.1. The van der Waals surface area contributed by atoms with Crippen LogP contribution in [0.4, 0.5) is 15.9 Å². The molecular formula is C29H36FN5O2S. The Morgan fingerprint density at radius 1 is 1.08 bits per heavy atom. The van der Waals surface area contributed by atoms with Crippen molar-refractivity contribution in [1.82, 2.24) is 15.5 Å². The van der Waals surface area contributed by atoms with Gasteiger partial charge in [-0.05, 0) is 85.7 Å². The minimum Gasteiger partial charge on any atom is -0.463 e. The first-order valence-corrected chi connectivity index (χ1v) is 12.8. The van der Waals surface area contributed by atoms with Crippen molar-refractivity contribution in [1.29, 1.82) is 0 Å². The van der Waals surface area contributed by atoms with E-state index in [-0.39, 0.29) is 19.5 Å². The topological polar surface area (TPSA) is 61.9 Å². The number of nitrogens with one attached hydrogen (secondary N) is 2. The molecule has 2 aliphatic rings. The number of hydroxylamine groups is 1. The molecule has 1 unspecified atom stereocenters. The summed E-state index contributed by atoms with van der Waals surface area (Å²) < 4.78 is 19.7. The number of ether oxygens (including phenoxy) is 1. The van der Waals surface area contributed by atoms with Crippen LogP contribution >= 0.6 is 13.5 Å². The van der Waals surface area contributed by atoms with Crippen molar-refractivity contribution in [3.63, 3.8) is 0 Å². The molecule has 5 rings (SSSR count). The number of hydrogen-bond donors (Lipinski definition) is 2. The molecule has 1 aliphatic carbocycles. The number of anilines is 2. The van der Waals surface area contributed by atoms with Crippen molar-refractivity contribution in [2.24, 2.45) is 0 Å². The van der Waals surface area contributed by atoms with Crippen molar-refractivity contribution in [2.75, 3.05) is 31.0 Å². The van der Waals surface area contributed by atoms with E-state index in [1.54, 1.807) is 19.2 Å². The van der Waals surface area contributed by atoms with Crippen molar-refractivity contribution in [3.05, 3.63) is 89.1 Å². The fourth-order valence-electron chi connectivity index (χ4n) is 4.74. The summed E-state index contributed by atoms with van der Waals surface area (Å²) in [5, 5.41) is 4.90. The lowest BCUT2D eigenvalue weighted by molar-refractivity contribution is -0.00532. The second-order valence-corrected chi connectivity index (χ2v) is 9.62. The number of nitrogens with zero attached hydrogens (tertiary/aromatic N) is 3. The van der Waals surface area contributed by atoms with E-state index >= 15 is 0 Å². The van der Waals surface area contributed by atoms with Crippen molar-refractivity contribution < 1.29 is 14.0 Å². The highest BCUT2D eigenvalue weighted by Gasteiger charge is 2.22. The largest absolute Gasteiger partial charge is 0.463 e. The zero-order chi connectivity index (χ0) is 25.8. The van der Waals surface area contributed by atoms with Crippen LogP contribution in [0.25, 0.3) is 0 Å². The highest BCUT2D eigenvalue weighted by Crippen LogP contribution is 2.38. The molecule has 1 atom stereocenters. The number of allylic oxidation sites excluding steroid dienone is 1. The number of aromatic nitrogens is 1. The molecule has 202 valence electrons. The van der Waals surface area contributed by atoms with Gasteiger partial charge < -0.3 is 19.8 Å². The van der Waals surface area contributed by atoms with Gasteiger partial charge in [0.2, 0.25) is 5.95 Å². The number of pyridine rings is 1. The van der Waals surface area contributed by atoms with Crippen LogP contribution in [0, 0.1) is 5.95 Å². The van der Waals surface area contributed by atoms with Crippen molar-refractivity contribution in [3.8, 4) is 11.5 Å². The lowest BCUT2D eigenvalue weighted by Gasteiger charge is -2.32. The molecule has 9 heteroatoms. The molecule has 0 bridgehead atoms. The van der Waals surface area contributed by atoms with Crippen LogP contribution in [0.15, 0.2) is 66.4 Å². The Balaban J connectivity index is 0.00000336. The quantitative estimate of drug-likeness (QED) is 0.201. The maximum absolute atomic E-state index is 13.4. The summed E-state index contributed by atoms with van der Waals surface area (Å²) >= 11 is 0. The molecule has 7 nitrogen and oxygen atoms in total. The predicted molar refractivity (Wildman–Crippen MR) is 154 cm³/mol.